The zero-order chi connectivity index (χ0) is 21.0. The molecule has 3 rings (SSSR count). The first kappa shape index (κ1) is 19.7. The van der Waals surface area contributed by atoms with E-state index >= 15 is 0 Å². The molecule has 3 aromatic carbocycles. The lowest BCUT2D eigenvalue weighted by atomic mass is 10.0. The summed E-state index contributed by atoms with van der Waals surface area (Å²) in [5.41, 5.74) is 0.120. The van der Waals surface area contributed by atoms with E-state index in [9.17, 15) is 25.0 Å². The van der Waals surface area contributed by atoms with E-state index in [-0.39, 0.29) is 11.1 Å². The summed E-state index contributed by atoms with van der Waals surface area (Å²) >= 11 is 0. The highest BCUT2D eigenvalue weighted by molar-refractivity contribution is 5.93. The predicted molar refractivity (Wildman–Crippen MR) is 105 cm³/mol. The molecule has 0 saturated heterocycles. The van der Waals surface area contributed by atoms with Gasteiger partial charge in [-0.2, -0.15) is 0 Å². The molecule has 0 atom stereocenters. The topological polar surface area (TPSA) is 113 Å². The van der Waals surface area contributed by atoms with Crippen molar-refractivity contribution in [1.29, 1.82) is 0 Å². The molecule has 3 aromatic rings. The molecule has 8 nitrogen and oxygen atoms in total. The number of nitro benzene ring substituents is 2. The number of nitro groups is 2. The van der Waals surface area contributed by atoms with E-state index in [1.807, 2.05) is 12.1 Å². The van der Waals surface area contributed by atoms with Crippen molar-refractivity contribution in [1.82, 2.24) is 0 Å². The molecule has 0 fully saturated rings. The van der Waals surface area contributed by atoms with Gasteiger partial charge < -0.3 is 4.74 Å². The van der Waals surface area contributed by atoms with Crippen LogP contribution in [0.3, 0.4) is 0 Å². The molecule has 0 spiro atoms. The van der Waals surface area contributed by atoms with Crippen LogP contribution in [0.1, 0.15) is 33.2 Å². The van der Waals surface area contributed by atoms with Crippen LogP contribution in [0.5, 0.6) is 0 Å². The Morgan fingerprint density at radius 2 is 1.38 bits per heavy atom. The number of nitrogens with zero attached hydrogens (tertiary/aromatic N) is 2. The molecule has 0 aliphatic heterocycles. The van der Waals surface area contributed by atoms with Crippen molar-refractivity contribution in [2.45, 2.75) is 13.0 Å². The summed E-state index contributed by atoms with van der Waals surface area (Å²) in [6, 6.07) is 19.8. The maximum absolute atomic E-state index is 12.9. The number of esters is 1. The molecule has 0 aliphatic rings. The Kier molecular flexibility index (Phi) is 5.64. The van der Waals surface area contributed by atoms with Crippen molar-refractivity contribution >= 4 is 17.3 Å². The van der Waals surface area contributed by atoms with Gasteiger partial charge >= 0.3 is 5.97 Å². The summed E-state index contributed by atoms with van der Waals surface area (Å²) in [5.74, 6) is -0.882. The van der Waals surface area contributed by atoms with E-state index in [4.69, 9.17) is 4.74 Å². The van der Waals surface area contributed by atoms with E-state index < -0.39 is 33.3 Å². The van der Waals surface area contributed by atoms with Crippen LogP contribution in [0.2, 0.25) is 0 Å². The minimum absolute atomic E-state index is 0.00507. The van der Waals surface area contributed by atoms with Crippen LogP contribution < -0.4 is 0 Å². The first-order valence-corrected chi connectivity index (χ1v) is 8.62. The second-order valence-corrected chi connectivity index (χ2v) is 6.26. The van der Waals surface area contributed by atoms with E-state index in [2.05, 4.69) is 0 Å². The fraction of sp³-hybridized carbons (Fsp3) is 0.0952. The third-order valence-electron chi connectivity index (χ3n) is 4.42. The lowest BCUT2D eigenvalue weighted by molar-refractivity contribution is -0.394. The molecule has 29 heavy (non-hydrogen) atoms. The minimum atomic E-state index is -0.882. The van der Waals surface area contributed by atoms with Crippen LogP contribution in [0, 0.1) is 27.2 Å². The van der Waals surface area contributed by atoms with E-state index in [1.165, 1.54) is 6.92 Å². The van der Waals surface area contributed by atoms with E-state index in [0.29, 0.717) is 11.1 Å². The highest BCUT2D eigenvalue weighted by Crippen LogP contribution is 2.31. The maximum Gasteiger partial charge on any atom is 0.339 e. The average Bonchev–Trinajstić information content (AvgIpc) is 2.72. The van der Waals surface area contributed by atoms with Crippen molar-refractivity contribution < 1.29 is 19.4 Å². The summed E-state index contributed by atoms with van der Waals surface area (Å²) in [6.07, 6.45) is -0.775. The second-order valence-electron chi connectivity index (χ2n) is 6.26. The smallest absolute Gasteiger partial charge is 0.339 e. The molecule has 0 heterocycles. The van der Waals surface area contributed by atoms with Gasteiger partial charge in [-0.3, -0.25) is 20.2 Å². The van der Waals surface area contributed by atoms with Crippen LogP contribution in [0.25, 0.3) is 0 Å². The van der Waals surface area contributed by atoms with Crippen molar-refractivity contribution in [3.05, 3.63) is 115 Å². The van der Waals surface area contributed by atoms with Crippen LogP contribution in [0.15, 0.2) is 72.8 Å². The fourth-order valence-corrected chi connectivity index (χ4v) is 2.95. The minimum Gasteiger partial charge on any atom is -0.449 e. The molecule has 0 saturated carbocycles. The van der Waals surface area contributed by atoms with Gasteiger partial charge in [0.2, 0.25) is 0 Å². The second kappa shape index (κ2) is 8.30. The quantitative estimate of drug-likeness (QED) is 0.340. The molecule has 0 bridgehead atoms. The normalized spacial score (nSPS) is 10.6. The van der Waals surface area contributed by atoms with Crippen LogP contribution in [-0.4, -0.2) is 15.8 Å². The first-order chi connectivity index (χ1) is 13.9. The van der Waals surface area contributed by atoms with E-state index in [1.54, 1.807) is 48.5 Å². The molecular weight excluding hydrogens is 376 g/mol. The van der Waals surface area contributed by atoms with Crippen molar-refractivity contribution in [2.24, 2.45) is 0 Å². The molecule has 0 unspecified atom stereocenters. The lowest BCUT2D eigenvalue weighted by Gasteiger charge is -2.19. The molecule has 0 N–H and O–H groups in total. The van der Waals surface area contributed by atoms with Gasteiger partial charge in [-0.1, -0.05) is 60.7 Å². The first-order valence-electron chi connectivity index (χ1n) is 8.62. The standard InChI is InChI=1S/C21H16N2O6/c1-14-18(12-17(22(25)26)13-19(14)23(27)28)21(24)29-20(15-8-4-2-5-9-15)16-10-6-3-7-11-16/h2-13,20H,1H3. The van der Waals surface area contributed by atoms with Gasteiger partial charge in [0.05, 0.1) is 21.5 Å². The van der Waals surface area contributed by atoms with Gasteiger partial charge in [-0.15, -0.1) is 0 Å². The number of carbonyl (C=O) groups is 1. The summed E-state index contributed by atoms with van der Waals surface area (Å²) < 4.78 is 5.67. The summed E-state index contributed by atoms with van der Waals surface area (Å²) in [5, 5.41) is 22.4. The van der Waals surface area contributed by atoms with Gasteiger partial charge in [0, 0.05) is 11.6 Å². The van der Waals surface area contributed by atoms with Gasteiger partial charge in [0.25, 0.3) is 11.4 Å². The van der Waals surface area contributed by atoms with Crippen LogP contribution >= 0.6 is 0 Å². The summed E-state index contributed by atoms with van der Waals surface area (Å²) in [4.78, 5) is 33.8. The molecule has 8 heteroatoms. The van der Waals surface area contributed by atoms with Crippen LogP contribution in [-0.2, 0) is 4.74 Å². The predicted octanol–water partition coefficient (Wildman–Crippen LogP) is 4.76. The Balaban J connectivity index is 2.05. The number of benzene rings is 3. The van der Waals surface area contributed by atoms with Gasteiger partial charge in [0.15, 0.2) is 6.10 Å². The third-order valence-corrected chi connectivity index (χ3v) is 4.42. The van der Waals surface area contributed by atoms with Crippen molar-refractivity contribution in [2.75, 3.05) is 0 Å². The molecular formula is C21H16N2O6. The Morgan fingerprint density at radius 3 is 1.83 bits per heavy atom. The van der Waals surface area contributed by atoms with Gasteiger partial charge in [0.1, 0.15) is 0 Å². The van der Waals surface area contributed by atoms with Gasteiger partial charge in [-0.05, 0) is 18.1 Å². The zero-order valence-electron chi connectivity index (χ0n) is 15.3. The lowest BCUT2D eigenvalue weighted by Crippen LogP contribution is -2.15. The Bertz CT molecular complexity index is 1030. The number of hydrogen-bond donors (Lipinski definition) is 0. The number of rotatable bonds is 6. The van der Waals surface area contributed by atoms with Crippen molar-refractivity contribution in [3.8, 4) is 0 Å². The SMILES string of the molecule is Cc1c(C(=O)OC(c2ccccc2)c2ccccc2)cc([N+](=O)[O-])cc1[N+](=O)[O-]. The van der Waals surface area contributed by atoms with Crippen molar-refractivity contribution in [3.63, 3.8) is 0 Å². The number of ether oxygens (including phenoxy) is 1. The third kappa shape index (κ3) is 4.27. The number of hydrogen-bond acceptors (Lipinski definition) is 6. The Hall–Kier alpha value is -4.07. The largest absolute Gasteiger partial charge is 0.449 e. The maximum atomic E-state index is 12.9. The average molecular weight is 392 g/mol. The fourth-order valence-electron chi connectivity index (χ4n) is 2.95. The Labute approximate surface area is 165 Å². The molecule has 146 valence electrons. The molecule has 0 radical (unpaired) electrons. The monoisotopic (exact) mass is 392 g/mol. The number of carbonyl (C=O) groups excluding carboxylic acids is 1. The molecule has 0 amide bonds. The summed E-state index contributed by atoms with van der Waals surface area (Å²) in [7, 11) is 0. The zero-order valence-corrected chi connectivity index (χ0v) is 15.3. The number of non-ortho nitro benzene ring substituents is 1. The summed E-state index contributed by atoms with van der Waals surface area (Å²) in [6.45, 7) is 1.36. The van der Waals surface area contributed by atoms with Crippen LogP contribution in [0.4, 0.5) is 11.4 Å². The highest BCUT2D eigenvalue weighted by Gasteiger charge is 2.28. The Morgan fingerprint density at radius 1 is 0.862 bits per heavy atom. The highest BCUT2D eigenvalue weighted by atomic mass is 16.6. The molecule has 0 aromatic heterocycles. The molecule has 0 aliphatic carbocycles. The van der Waals surface area contributed by atoms with E-state index in [0.717, 1.165) is 12.1 Å². The van der Waals surface area contributed by atoms with Gasteiger partial charge in [-0.25, -0.2) is 4.79 Å².